The minimum atomic E-state index is -0.735. The van der Waals surface area contributed by atoms with Gasteiger partial charge in [0, 0.05) is 12.5 Å². The van der Waals surface area contributed by atoms with Gasteiger partial charge in [-0.1, -0.05) is 42.5 Å². The van der Waals surface area contributed by atoms with Crippen LogP contribution in [0.15, 0.2) is 59.5 Å². The van der Waals surface area contributed by atoms with Crippen molar-refractivity contribution in [3.63, 3.8) is 0 Å². The number of rotatable bonds is 6. The quantitative estimate of drug-likeness (QED) is 0.161. The molecule has 1 saturated heterocycles. The van der Waals surface area contributed by atoms with Crippen LogP contribution < -0.4 is 9.47 Å². The predicted molar refractivity (Wildman–Crippen MR) is 126 cm³/mol. The molecule has 4 rings (SSSR count). The lowest BCUT2D eigenvalue weighted by atomic mass is 10.0. The summed E-state index contributed by atoms with van der Waals surface area (Å²) in [6, 6.07) is 16.0. The molecule has 0 bridgehead atoms. The number of esters is 1. The van der Waals surface area contributed by atoms with Crippen LogP contribution in [0, 0.1) is 10.1 Å². The Morgan fingerprint density at radius 1 is 1.12 bits per heavy atom. The first kappa shape index (κ1) is 23.0. The molecule has 1 aliphatic heterocycles. The van der Waals surface area contributed by atoms with Gasteiger partial charge in [0.05, 0.1) is 23.5 Å². The maximum atomic E-state index is 13.1. The number of fused-ring (bicyclic) bond motifs is 1. The average molecular weight is 478 g/mol. The van der Waals surface area contributed by atoms with Crippen LogP contribution in [-0.4, -0.2) is 34.0 Å². The zero-order chi connectivity index (χ0) is 24.4. The Morgan fingerprint density at radius 2 is 1.85 bits per heavy atom. The van der Waals surface area contributed by atoms with Crippen LogP contribution in [0.5, 0.6) is 11.5 Å². The number of nitro benzene ring substituents is 1. The average Bonchev–Trinajstić information content (AvgIpc) is 3.06. The summed E-state index contributed by atoms with van der Waals surface area (Å²) >= 11 is 0.737. The van der Waals surface area contributed by atoms with E-state index in [9.17, 15) is 24.5 Å². The van der Waals surface area contributed by atoms with Crippen molar-refractivity contribution in [2.45, 2.75) is 13.5 Å². The highest BCUT2D eigenvalue weighted by atomic mass is 32.2. The number of nitro groups is 1. The van der Waals surface area contributed by atoms with Crippen LogP contribution in [0.25, 0.3) is 16.8 Å². The number of thioether (sulfide) groups is 1. The first-order valence-electron chi connectivity index (χ1n) is 10.1. The van der Waals surface area contributed by atoms with Crippen LogP contribution >= 0.6 is 11.8 Å². The van der Waals surface area contributed by atoms with Gasteiger partial charge in [0.25, 0.3) is 11.1 Å². The van der Waals surface area contributed by atoms with Crippen molar-refractivity contribution in [1.82, 2.24) is 4.90 Å². The van der Waals surface area contributed by atoms with E-state index in [0.29, 0.717) is 0 Å². The molecule has 0 radical (unpaired) electrons. The van der Waals surface area contributed by atoms with Gasteiger partial charge in [-0.2, -0.15) is 0 Å². The number of hydrogen-bond acceptors (Lipinski definition) is 8. The van der Waals surface area contributed by atoms with Gasteiger partial charge in [-0.25, -0.2) is 0 Å². The molecule has 10 heteroatoms. The van der Waals surface area contributed by atoms with Gasteiger partial charge < -0.3 is 9.47 Å². The maximum absolute atomic E-state index is 13.1. The van der Waals surface area contributed by atoms with Gasteiger partial charge in [0.15, 0.2) is 0 Å². The van der Waals surface area contributed by atoms with Crippen molar-refractivity contribution >= 4 is 51.4 Å². The van der Waals surface area contributed by atoms with E-state index < -0.39 is 27.7 Å². The second kappa shape index (κ2) is 9.36. The van der Waals surface area contributed by atoms with E-state index >= 15 is 0 Å². The molecular weight excluding hydrogens is 460 g/mol. The molecule has 172 valence electrons. The molecule has 1 aliphatic rings. The monoisotopic (exact) mass is 478 g/mol. The highest BCUT2D eigenvalue weighted by Gasteiger charge is 2.36. The van der Waals surface area contributed by atoms with E-state index in [4.69, 9.17) is 9.47 Å². The fraction of sp³-hybridized carbons (Fsp3) is 0.125. The zero-order valence-corrected chi connectivity index (χ0v) is 19.0. The molecule has 1 fully saturated rings. The molecule has 0 atom stereocenters. The van der Waals surface area contributed by atoms with E-state index in [1.165, 1.54) is 25.3 Å². The van der Waals surface area contributed by atoms with Crippen LogP contribution in [0.4, 0.5) is 10.5 Å². The second-order valence-electron chi connectivity index (χ2n) is 7.29. The Morgan fingerprint density at radius 3 is 2.56 bits per heavy atom. The van der Waals surface area contributed by atoms with Crippen molar-refractivity contribution in [2.75, 3.05) is 7.11 Å². The molecule has 3 aromatic rings. The van der Waals surface area contributed by atoms with Crippen LogP contribution in [-0.2, 0) is 16.1 Å². The minimum absolute atomic E-state index is 0.0893. The van der Waals surface area contributed by atoms with Crippen molar-refractivity contribution < 1.29 is 28.8 Å². The smallest absolute Gasteiger partial charge is 0.353 e. The molecule has 2 amide bonds. The van der Waals surface area contributed by atoms with Crippen molar-refractivity contribution in [3.8, 4) is 11.5 Å². The van der Waals surface area contributed by atoms with Gasteiger partial charge in [-0.15, -0.1) is 0 Å². The number of carbonyl (C=O) groups excluding carboxylic acids is 3. The van der Waals surface area contributed by atoms with Crippen molar-refractivity contribution in [2.24, 2.45) is 0 Å². The second-order valence-corrected chi connectivity index (χ2v) is 8.28. The molecule has 0 aliphatic carbocycles. The summed E-state index contributed by atoms with van der Waals surface area (Å²) < 4.78 is 10.1. The first-order valence-corrected chi connectivity index (χ1v) is 10.9. The highest BCUT2D eigenvalue weighted by Crippen LogP contribution is 2.42. The SMILES string of the molecule is COc1c(/C=C2\SC(=O)N(Cc3cccc4ccccc34)C2=O)ccc(OC(C)=O)c1[N+](=O)[O-]. The molecule has 0 aromatic heterocycles. The first-order chi connectivity index (χ1) is 16.3. The summed E-state index contributed by atoms with van der Waals surface area (Å²) in [6.45, 7) is 1.21. The number of hydrogen-bond donors (Lipinski definition) is 0. The highest BCUT2D eigenvalue weighted by molar-refractivity contribution is 8.18. The third-order valence-corrected chi connectivity index (χ3v) is 6.04. The fourth-order valence-electron chi connectivity index (χ4n) is 3.69. The van der Waals surface area contributed by atoms with Crippen LogP contribution in [0.2, 0.25) is 0 Å². The Balaban J connectivity index is 1.69. The summed E-state index contributed by atoms with van der Waals surface area (Å²) in [6.07, 6.45) is 1.36. The summed E-state index contributed by atoms with van der Waals surface area (Å²) in [5, 5.41) is 13.1. The molecule has 0 spiro atoms. The van der Waals surface area contributed by atoms with E-state index in [-0.39, 0.29) is 28.5 Å². The largest absolute Gasteiger partial charge is 0.490 e. The van der Waals surface area contributed by atoms with Crippen molar-refractivity contribution in [3.05, 3.63) is 80.7 Å². The number of methoxy groups -OCH3 is 1. The number of benzene rings is 3. The van der Waals surface area contributed by atoms with E-state index in [1.807, 2.05) is 42.5 Å². The number of ether oxygens (including phenoxy) is 2. The maximum Gasteiger partial charge on any atom is 0.353 e. The Labute approximate surface area is 198 Å². The summed E-state index contributed by atoms with van der Waals surface area (Å²) in [4.78, 5) is 49.2. The Kier molecular flexibility index (Phi) is 6.33. The predicted octanol–water partition coefficient (Wildman–Crippen LogP) is 4.92. The molecule has 34 heavy (non-hydrogen) atoms. The fourth-order valence-corrected chi connectivity index (χ4v) is 4.51. The molecular formula is C24H18N2O7S. The third-order valence-electron chi connectivity index (χ3n) is 5.13. The molecule has 3 aromatic carbocycles. The van der Waals surface area contributed by atoms with Crippen LogP contribution in [0.3, 0.4) is 0 Å². The molecule has 0 N–H and O–H groups in total. The van der Waals surface area contributed by atoms with E-state index in [0.717, 1.165) is 39.9 Å². The lowest BCUT2D eigenvalue weighted by Crippen LogP contribution is -2.27. The topological polar surface area (TPSA) is 116 Å². The normalized spacial score (nSPS) is 14.6. The number of imide groups is 1. The summed E-state index contributed by atoms with van der Waals surface area (Å²) in [7, 11) is 1.23. The minimum Gasteiger partial charge on any atom is -0.490 e. The van der Waals surface area contributed by atoms with Crippen molar-refractivity contribution in [1.29, 1.82) is 0 Å². The third kappa shape index (κ3) is 4.35. The Bertz CT molecular complexity index is 1380. The molecule has 0 saturated carbocycles. The van der Waals surface area contributed by atoms with Gasteiger partial charge >= 0.3 is 11.7 Å². The summed E-state index contributed by atoms with van der Waals surface area (Å²) in [5.41, 5.74) is 0.461. The lowest BCUT2D eigenvalue weighted by Gasteiger charge is -2.14. The standard InChI is InChI=1S/C24H18N2O7S/c1-14(27)33-19-11-10-16(22(32-2)21(19)26(30)31)12-20-23(28)25(24(29)34-20)13-17-8-5-7-15-6-3-4-9-18(15)17/h3-12H,13H2,1-2H3/b20-12-. The number of carbonyl (C=O) groups is 3. The van der Waals surface area contributed by atoms with Gasteiger partial charge in [0.2, 0.25) is 11.5 Å². The number of nitrogens with zero attached hydrogens (tertiary/aromatic N) is 2. The van der Waals surface area contributed by atoms with Crippen LogP contribution in [0.1, 0.15) is 18.1 Å². The van der Waals surface area contributed by atoms with Gasteiger partial charge in [-0.05, 0) is 46.3 Å². The Hall–Kier alpha value is -4.18. The summed E-state index contributed by atoms with van der Waals surface area (Å²) in [5.74, 6) is -1.72. The molecule has 9 nitrogen and oxygen atoms in total. The number of amides is 2. The zero-order valence-electron chi connectivity index (χ0n) is 18.1. The molecule has 1 heterocycles. The molecule has 0 unspecified atom stereocenters. The van der Waals surface area contributed by atoms with E-state index in [1.54, 1.807) is 0 Å². The van der Waals surface area contributed by atoms with E-state index in [2.05, 4.69) is 0 Å². The lowest BCUT2D eigenvalue weighted by molar-refractivity contribution is -0.386. The van der Waals surface area contributed by atoms with Gasteiger partial charge in [-0.3, -0.25) is 29.4 Å². The van der Waals surface area contributed by atoms with Gasteiger partial charge in [0.1, 0.15) is 0 Å².